The van der Waals surface area contributed by atoms with Crippen molar-refractivity contribution in [1.29, 1.82) is 0 Å². The first-order chi connectivity index (χ1) is 9.52. The zero-order chi connectivity index (χ0) is 14.7. The average Bonchev–Trinajstić information content (AvgIpc) is 2.45. The van der Waals surface area contributed by atoms with Crippen molar-refractivity contribution < 1.29 is 19.3 Å². The van der Waals surface area contributed by atoms with Crippen LogP contribution in [0.1, 0.15) is 29.3 Å². The fourth-order valence-electron chi connectivity index (χ4n) is 1.93. The predicted octanol–water partition coefficient (Wildman–Crippen LogP) is 1.50. The molecule has 1 heterocycles. The van der Waals surface area contributed by atoms with Crippen molar-refractivity contribution in [1.82, 2.24) is 5.06 Å². The Morgan fingerprint density at radius 3 is 2.90 bits per heavy atom. The molecule has 1 amide bonds. The summed E-state index contributed by atoms with van der Waals surface area (Å²) in [5, 5.41) is 11.8. The van der Waals surface area contributed by atoms with Crippen LogP contribution in [0.2, 0.25) is 0 Å². The third-order valence-electron chi connectivity index (χ3n) is 3.12. The van der Waals surface area contributed by atoms with Crippen molar-refractivity contribution in [3.63, 3.8) is 0 Å². The van der Waals surface area contributed by atoms with Gasteiger partial charge in [-0.15, -0.1) is 0 Å². The van der Waals surface area contributed by atoms with E-state index in [0.717, 1.165) is 10.6 Å². The van der Waals surface area contributed by atoms with Crippen LogP contribution in [-0.4, -0.2) is 34.8 Å². The molecule has 0 atom stereocenters. The van der Waals surface area contributed by atoms with Gasteiger partial charge in [0.1, 0.15) is 6.61 Å². The van der Waals surface area contributed by atoms with Crippen LogP contribution >= 0.6 is 0 Å². The van der Waals surface area contributed by atoms with Crippen LogP contribution in [0, 0.1) is 10.1 Å². The van der Waals surface area contributed by atoms with Crippen LogP contribution in [0.5, 0.6) is 0 Å². The Kier molecular flexibility index (Phi) is 4.09. The molecule has 0 saturated heterocycles. The fraction of sp³-hybridized carbons (Fsp3) is 0.385. The molecule has 1 aliphatic rings. The number of nitro groups is 1. The van der Waals surface area contributed by atoms with E-state index in [0.29, 0.717) is 19.4 Å². The molecule has 20 heavy (non-hydrogen) atoms. The highest BCUT2D eigenvalue weighted by Crippen LogP contribution is 2.23. The van der Waals surface area contributed by atoms with E-state index < -0.39 is 10.8 Å². The molecule has 0 aliphatic carbocycles. The maximum absolute atomic E-state index is 12.2. The van der Waals surface area contributed by atoms with Crippen LogP contribution in [0.3, 0.4) is 0 Å². The topological polar surface area (TPSA) is 89.8 Å². The number of nitrogens with zero attached hydrogens (tertiary/aromatic N) is 2. The van der Waals surface area contributed by atoms with Crippen molar-refractivity contribution in [2.75, 3.05) is 13.2 Å². The summed E-state index contributed by atoms with van der Waals surface area (Å²) in [6.07, 6.45) is 0.878. The van der Waals surface area contributed by atoms with Crippen LogP contribution in [0.15, 0.2) is 18.2 Å². The number of carbonyl (C=O) groups excluding carboxylic acids is 2. The Bertz CT molecular complexity index is 570. The summed E-state index contributed by atoms with van der Waals surface area (Å²) >= 11 is 0. The van der Waals surface area contributed by atoms with Crippen molar-refractivity contribution in [3.05, 3.63) is 39.4 Å². The lowest BCUT2D eigenvalue weighted by atomic mass is 9.99. The molecule has 1 aliphatic heterocycles. The minimum atomic E-state index is -0.548. The van der Waals surface area contributed by atoms with Gasteiger partial charge in [0, 0.05) is 18.6 Å². The van der Waals surface area contributed by atoms with Crippen molar-refractivity contribution >= 4 is 17.4 Å². The van der Waals surface area contributed by atoms with Gasteiger partial charge in [-0.25, -0.2) is 5.06 Å². The van der Waals surface area contributed by atoms with Gasteiger partial charge in [0.15, 0.2) is 5.78 Å². The van der Waals surface area contributed by atoms with E-state index >= 15 is 0 Å². The molecule has 7 nitrogen and oxygen atoms in total. The number of benzene rings is 1. The van der Waals surface area contributed by atoms with Crippen LogP contribution in [-0.2, 0) is 16.1 Å². The average molecular weight is 278 g/mol. The second-order valence-corrected chi connectivity index (χ2v) is 4.42. The van der Waals surface area contributed by atoms with Gasteiger partial charge in [0.2, 0.25) is 0 Å². The third-order valence-corrected chi connectivity index (χ3v) is 3.12. The Balaban J connectivity index is 2.17. The molecule has 2 rings (SSSR count). The van der Waals surface area contributed by atoms with E-state index in [2.05, 4.69) is 0 Å². The van der Waals surface area contributed by atoms with Crippen molar-refractivity contribution in [2.45, 2.75) is 19.8 Å². The second kappa shape index (κ2) is 5.79. The van der Waals surface area contributed by atoms with Gasteiger partial charge in [-0.2, -0.15) is 0 Å². The Morgan fingerprint density at radius 1 is 1.50 bits per heavy atom. The van der Waals surface area contributed by atoms with Crippen LogP contribution < -0.4 is 0 Å². The first-order valence-electron chi connectivity index (χ1n) is 6.26. The summed E-state index contributed by atoms with van der Waals surface area (Å²) in [5.41, 5.74) is 0.875. The number of nitro benzene ring substituents is 1. The minimum Gasteiger partial charge on any atom is -0.297 e. The molecule has 1 aromatic rings. The van der Waals surface area contributed by atoms with E-state index in [9.17, 15) is 19.7 Å². The SMILES string of the molecule is CCC(=O)CON1CCc2ccc([N+](=O)[O-])cc2C1=O. The van der Waals surface area contributed by atoms with Crippen LogP contribution in [0.4, 0.5) is 5.69 Å². The largest absolute Gasteiger partial charge is 0.297 e. The minimum absolute atomic E-state index is 0.109. The van der Waals surface area contributed by atoms with E-state index in [1.54, 1.807) is 13.0 Å². The normalized spacial score (nSPS) is 14.1. The fourth-order valence-corrected chi connectivity index (χ4v) is 1.93. The standard InChI is InChI=1S/C13H14N2O5/c1-2-11(16)8-20-14-6-5-9-3-4-10(15(18)19)7-12(9)13(14)17/h3-4,7H,2,5-6,8H2,1H3. The molecular weight excluding hydrogens is 264 g/mol. The molecule has 0 spiro atoms. The predicted molar refractivity (Wildman–Crippen MR) is 69.1 cm³/mol. The lowest BCUT2D eigenvalue weighted by Gasteiger charge is -2.27. The second-order valence-electron chi connectivity index (χ2n) is 4.42. The monoisotopic (exact) mass is 278 g/mol. The number of Topliss-reactive ketones (excluding diaryl/α,β-unsaturated/α-hetero) is 1. The van der Waals surface area contributed by atoms with E-state index in [4.69, 9.17) is 4.84 Å². The summed E-state index contributed by atoms with van der Waals surface area (Å²) in [6, 6.07) is 4.21. The lowest BCUT2D eigenvalue weighted by Crippen LogP contribution is -2.38. The maximum Gasteiger partial charge on any atom is 0.277 e. The molecule has 0 N–H and O–H groups in total. The zero-order valence-electron chi connectivity index (χ0n) is 11.0. The number of fused-ring (bicyclic) bond motifs is 1. The number of rotatable bonds is 5. The summed E-state index contributed by atoms with van der Waals surface area (Å²) in [4.78, 5) is 38.7. The van der Waals surface area contributed by atoms with Crippen molar-refractivity contribution in [3.8, 4) is 0 Å². The summed E-state index contributed by atoms with van der Waals surface area (Å²) < 4.78 is 0. The molecule has 7 heteroatoms. The van der Waals surface area contributed by atoms with Gasteiger partial charge in [-0.05, 0) is 12.0 Å². The number of ketones is 1. The number of carbonyl (C=O) groups is 2. The highest BCUT2D eigenvalue weighted by atomic mass is 16.7. The Hall–Kier alpha value is -2.28. The number of amides is 1. The summed E-state index contributed by atoms with van der Waals surface area (Å²) in [7, 11) is 0. The zero-order valence-corrected chi connectivity index (χ0v) is 11.0. The van der Waals surface area contributed by atoms with E-state index in [-0.39, 0.29) is 23.6 Å². The molecule has 1 aromatic carbocycles. The first-order valence-corrected chi connectivity index (χ1v) is 6.26. The van der Waals surface area contributed by atoms with E-state index in [1.165, 1.54) is 12.1 Å². The molecule has 0 bridgehead atoms. The van der Waals surface area contributed by atoms with Gasteiger partial charge in [0.05, 0.1) is 17.0 Å². The third kappa shape index (κ3) is 2.83. The van der Waals surface area contributed by atoms with Gasteiger partial charge in [-0.1, -0.05) is 13.0 Å². The molecular formula is C13H14N2O5. The van der Waals surface area contributed by atoms with Crippen molar-refractivity contribution in [2.24, 2.45) is 0 Å². The maximum atomic E-state index is 12.2. The Morgan fingerprint density at radius 2 is 2.25 bits per heavy atom. The molecule has 0 fully saturated rings. The quantitative estimate of drug-likeness (QED) is 0.601. The number of hydrogen-bond donors (Lipinski definition) is 0. The molecule has 106 valence electrons. The highest BCUT2D eigenvalue weighted by molar-refractivity contribution is 5.96. The van der Waals surface area contributed by atoms with Gasteiger partial charge >= 0.3 is 0 Å². The number of hydrogen-bond acceptors (Lipinski definition) is 5. The number of non-ortho nitro benzene ring substituents is 1. The van der Waals surface area contributed by atoms with Gasteiger partial charge < -0.3 is 0 Å². The lowest BCUT2D eigenvalue weighted by molar-refractivity contribution is -0.384. The molecule has 0 unspecified atom stereocenters. The number of hydroxylamine groups is 2. The Labute approximate surface area is 115 Å². The summed E-state index contributed by atoms with van der Waals surface area (Å²) in [6.45, 7) is 1.88. The first kappa shape index (κ1) is 14.1. The molecule has 0 radical (unpaired) electrons. The molecule has 0 saturated carbocycles. The van der Waals surface area contributed by atoms with E-state index in [1.807, 2.05) is 0 Å². The molecule has 0 aromatic heterocycles. The van der Waals surface area contributed by atoms with Gasteiger partial charge in [0.25, 0.3) is 11.6 Å². The smallest absolute Gasteiger partial charge is 0.277 e. The summed E-state index contributed by atoms with van der Waals surface area (Å²) in [5.74, 6) is -0.554. The highest BCUT2D eigenvalue weighted by Gasteiger charge is 2.27. The van der Waals surface area contributed by atoms with Crippen LogP contribution in [0.25, 0.3) is 0 Å². The van der Waals surface area contributed by atoms with Gasteiger partial charge in [-0.3, -0.25) is 24.5 Å².